The molecule has 0 aliphatic rings. The third-order valence-corrected chi connectivity index (χ3v) is 1.46. The normalized spacial score (nSPS) is 10.2. The van der Waals surface area contributed by atoms with Gasteiger partial charge in [0, 0.05) is 13.1 Å². The summed E-state index contributed by atoms with van der Waals surface area (Å²) in [5.74, 6) is -0.556. The van der Waals surface area contributed by atoms with Crippen LogP contribution in [0.1, 0.15) is 0 Å². The highest BCUT2D eigenvalue weighted by atomic mass is 16.3. The number of nitrogens with one attached hydrogen (secondary N) is 1. The lowest BCUT2D eigenvalue weighted by Gasteiger charge is -2.18. The van der Waals surface area contributed by atoms with Crippen molar-refractivity contribution in [1.29, 1.82) is 0 Å². The molecule has 0 aliphatic carbocycles. The highest BCUT2D eigenvalue weighted by molar-refractivity contribution is 5.94. The standard InChI is InChI=1S/C7H15N3O4/c8-7(14)9-6(13)5-10(1-3-11)2-4-12/h11-12H,1-5H2,(H3,8,9,13,14). The number of carbonyl (C=O) groups excluding carboxylic acids is 2. The zero-order chi connectivity index (χ0) is 11.0. The van der Waals surface area contributed by atoms with Crippen molar-refractivity contribution in [3.63, 3.8) is 0 Å². The maximum absolute atomic E-state index is 11.0. The fourth-order valence-corrected chi connectivity index (χ4v) is 0.933. The van der Waals surface area contributed by atoms with Crippen molar-refractivity contribution in [2.75, 3.05) is 32.8 Å². The van der Waals surface area contributed by atoms with Crippen LogP contribution in [0.3, 0.4) is 0 Å². The molecule has 0 aromatic heterocycles. The van der Waals surface area contributed by atoms with E-state index in [1.807, 2.05) is 5.32 Å². The molecular formula is C7H15N3O4. The SMILES string of the molecule is NC(=O)NC(=O)CN(CCO)CCO. The van der Waals surface area contributed by atoms with Gasteiger partial charge in [-0.2, -0.15) is 0 Å². The number of hydrogen-bond donors (Lipinski definition) is 4. The molecule has 0 fully saturated rings. The molecule has 82 valence electrons. The van der Waals surface area contributed by atoms with Gasteiger partial charge in [-0.15, -0.1) is 0 Å². The van der Waals surface area contributed by atoms with Crippen molar-refractivity contribution in [2.45, 2.75) is 0 Å². The molecule has 0 heterocycles. The second-order valence-electron chi connectivity index (χ2n) is 2.64. The molecule has 0 saturated carbocycles. The first-order valence-electron chi connectivity index (χ1n) is 4.13. The van der Waals surface area contributed by atoms with Gasteiger partial charge < -0.3 is 15.9 Å². The third-order valence-electron chi connectivity index (χ3n) is 1.46. The molecule has 7 nitrogen and oxygen atoms in total. The predicted molar refractivity (Wildman–Crippen MR) is 48.3 cm³/mol. The zero-order valence-electron chi connectivity index (χ0n) is 7.77. The van der Waals surface area contributed by atoms with E-state index in [1.54, 1.807) is 0 Å². The molecular weight excluding hydrogens is 190 g/mol. The Morgan fingerprint density at radius 1 is 1.21 bits per heavy atom. The van der Waals surface area contributed by atoms with Gasteiger partial charge in [0.05, 0.1) is 19.8 Å². The Balaban J connectivity index is 3.88. The molecule has 5 N–H and O–H groups in total. The number of imide groups is 1. The number of amides is 3. The first-order valence-corrected chi connectivity index (χ1v) is 4.13. The van der Waals surface area contributed by atoms with Crippen molar-refractivity contribution in [3.8, 4) is 0 Å². The summed E-state index contributed by atoms with van der Waals surface area (Å²) in [6.45, 7) is 0.192. The van der Waals surface area contributed by atoms with E-state index in [4.69, 9.17) is 15.9 Å². The maximum Gasteiger partial charge on any atom is 0.318 e. The third kappa shape index (κ3) is 6.35. The summed E-state index contributed by atoms with van der Waals surface area (Å²) in [7, 11) is 0. The van der Waals surface area contributed by atoms with Crippen molar-refractivity contribution in [2.24, 2.45) is 5.73 Å². The highest BCUT2D eigenvalue weighted by Crippen LogP contribution is 1.86. The zero-order valence-corrected chi connectivity index (χ0v) is 7.77. The molecule has 0 bridgehead atoms. The molecule has 0 aromatic carbocycles. The second kappa shape index (κ2) is 7.25. The lowest BCUT2D eigenvalue weighted by Crippen LogP contribution is -2.43. The lowest BCUT2D eigenvalue weighted by molar-refractivity contribution is -0.121. The van der Waals surface area contributed by atoms with Gasteiger partial charge in [-0.1, -0.05) is 0 Å². The Bertz CT molecular complexity index is 191. The van der Waals surface area contributed by atoms with Crippen LogP contribution in [0.25, 0.3) is 0 Å². The number of aliphatic hydroxyl groups excluding tert-OH is 2. The van der Waals surface area contributed by atoms with Crippen LogP contribution in [-0.2, 0) is 4.79 Å². The van der Waals surface area contributed by atoms with Crippen LogP contribution in [0.5, 0.6) is 0 Å². The summed E-state index contributed by atoms with van der Waals surface area (Å²) in [5.41, 5.74) is 4.73. The Kier molecular flexibility index (Phi) is 6.63. The van der Waals surface area contributed by atoms with Gasteiger partial charge in [-0.25, -0.2) is 4.79 Å². The Morgan fingerprint density at radius 2 is 1.71 bits per heavy atom. The summed E-state index contributed by atoms with van der Waals surface area (Å²) in [6.07, 6.45) is 0. The average Bonchev–Trinajstić information content (AvgIpc) is 2.03. The molecule has 0 saturated heterocycles. The van der Waals surface area contributed by atoms with Crippen molar-refractivity contribution < 1.29 is 19.8 Å². The summed E-state index contributed by atoms with van der Waals surface area (Å²) in [5, 5.41) is 19.1. The minimum absolute atomic E-state index is 0.0793. The van der Waals surface area contributed by atoms with E-state index in [0.29, 0.717) is 0 Å². The summed E-state index contributed by atoms with van der Waals surface area (Å²) >= 11 is 0. The monoisotopic (exact) mass is 205 g/mol. The lowest BCUT2D eigenvalue weighted by atomic mass is 10.4. The molecule has 7 heteroatoms. The number of nitrogens with zero attached hydrogens (tertiary/aromatic N) is 1. The van der Waals surface area contributed by atoms with E-state index < -0.39 is 11.9 Å². The summed E-state index contributed by atoms with van der Waals surface area (Å²) in [4.78, 5) is 22.8. The molecule has 14 heavy (non-hydrogen) atoms. The van der Waals surface area contributed by atoms with Crippen LogP contribution in [-0.4, -0.2) is 59.9 Å². The van der Waals surface area contributed by atoms with Crippen LogP contribution >= 0.6 is 0 Å². The van der Waals surface area contributed by atoms with Crippen LogP contribution < -0.4 is 11.1 Å². The quantitative estimate of drug-likeness (QED) is 0.381. The van der Waals surface area contributed by atoms with Gasteiger partial charge in [-0.3, -0.25) is 15.0 Å². The second-order valence-corrected chi connectivity index (χ2v) is 2.64. The summed E-state index contributed by atoms with van der Waals surface area (Å²) < 4.78 is 0. The van der Waals surface area contributed by atoms with Crippen LogP contribution in [0.2, 0.25) is 0 Å². The van der Waals surface area contributed by atoms with Gasteiger partial charge in [0.15, 0.2) is 0 Å². The molecule has 0 spiro atoms. The highest BCUT2D eigenvalue weighted by Gasteiger charge is 2.10. The minimum atomic E-state index is -0.914. The van der Waals surface area contributed by atoms with E-state index >= 15 is 0 Å². The van der Waals surface area contributed by atoms with E-state index in [0.717, 1.165) is 0 Å². The van der Waals surface area contributed by atoms with E-state index in [1.165, 1.54) is 4.90 Å². The Hall–Kier alpha value is -1.18. The number of nitrogens with two attached hydrogens (primary N) is 1. The first kappa shape index (κ1) is 12.8. The van der Waals surface area contributed by atoms with Gasteiger partial charge in [0.2, 0.25) is 5.91 Å². The number of carbonyl (C=O) groups is 2. The Morgan fingerprint density at radius 3 is 2.07 bits per heavy atom. The van der Waals surface area contributed by atoms with E-state index in [2.05, 4.69) is 0 Å². The van der Waals surface area contributed by atoms with E-state index in [-0.39, 0.29) is 32.8 Å². The fraction of sp³-hybridized carbons (Fsp3) is 0.714. The molecule has 0 unspecified atom stereocenters. The minimum Gasteiger partial charge on any atom is -0.395 e. The molecule has 0 rings (SSSR count). The number of aliphatic hydroxyl groups is 2. The molecule has 0 aromatic rings. The topological polar surface area (TPSA) is 116 Å². The van der Waals surface area contributed by atoms with Gasteiger partial charge in [0.25, 0.3) is 0 Å². The number of hydrogen-bond acceptors (Lipinski definition) is 5. The number of primary amides is 1. The van der Waals surface area contributed by atoms with Gasteiger partial charge in [-0.05, 0) is 0 Å². The number of rotatable bonds is 6. The van der Waals surface area contributed by atoms with Crippen LogP contribution in [0.4, 0.5) is 4.79 Å². The van der Waals surface area contributed by atoms with Gasteiger partial charge in [0.1, 0.15) is 0 Å². The largest absolute Gasteiger partial charge is 0.395 e. The van der Waals surface area contributed by atoms with Gasteiger partial charge >= 0.3 is 6.03 Å². The molecule has 3 amide bonds. The molecule has 0 radical (unpaired) electrons. The van der Waals surface area contributed by atoms with Crippen molar-refractivity contribution in [1.82, 2.24) is 10.2 Å². The maximum atomic E-state index is 11.0. The van der Waals surface area contributed by atoms with Crippen molar-refractivity contribution >= 4 is 11.9 Å². The van der Waals surface area contributed by atoms with Crippen LogP contribution in [0.15, 0.2) is 0 Å². The average molecular weight is 205 g/mol. The summed E-state index contributed by atoms with van der Waals surface area (Å²) in [6, 6.07) is -0.914. The predicted octanol–water partition coefficient (Wildman–Crippen LogP) is -2.53. The fourth-order valence-electron chi connectivity index (χ4n) is 0.933. The molecule has 0 atom stereocenters. The smallest absolute Gasteiger partial charge is 0.318 e. The van der Waals surface area contributed by atoms with Crippen molar-refractivity contribution in [3.05, 3.63) is 0 Å². The first-order chi connectivity index (χ1) is 6.60. The van der Waals surface area contributed by atoms with E-state index in [9.17, 15) is 9.59 Å². The van der Waals surface area contributed by atoms with Crippen LogP contribution in [0, 0.1) is 0 Å². The molecule has 0 aliphatic heterocycles. The number of urea groups is 1. The Labute approximate surface area is 81.5 Å².